The molecule has 0 radical (unpaired) electrons. The zero-order chi connectivity index (χ0) is 16.7. The van der Waals surface area contributed by atoms with Crippen LogP contribution in [0.15, 0.2) is 41.3 Å². The Balaban J connectivity index is 1.80. The molecule has 3 aromatic rings. The van der Waals surface area contributed by atoms with Gasteiger partial charge < -0.3 is 4.74 Å². The summed E-state index contributed by atoms with van der Waals surface area (Å²) in [4.78, 5) is 8.84. The average molecular weight is 394 g/mol. The first-order chi connectivity index (χ1) is 11.6. The Morgan fingerprint density at radius 3 is 2.88 bits per heavy atom. The molecule has 3 heterocycles. The molecule has 0 amide bonds. The van der Waals surface area contributed by atoms with Gasteiger partial charge in [0.1, 0.15) is 22.6 Å². The standard InChI is InChI=1S/C17H14BrF2N3O/c18-15-3-1-2-12(22-15)13-7-21-17-6-14(24-9-16(19)20)11(8-23(13)17)10-4-5-10/h1-3,6-8,10,16H,4-5,9H2. The summed E-state index contributed by atoms with van der Waals surface area (Å²) < 4.78 is 33.0. The van der Waals surface area contributed by atoms with Crippen molar-refractivity contribution in [1.29, 1.82) is 0 Å². The molecule has 0 bridgehead atoms. The van der Waals surface area contributed by atoms with Gasteiger partial charge in [0.25, 0.3) is 6.43 Å². The Labute approximate surface area is 145 Å². The van der Waals surface area contributed by atoms with Crippen LogP contribution in [0.2, 0.25) is 0 Å². The topological polar surface area (TPSA) is 39.4 Å². The van der Waals surface area contributed by atoms with Crippen LogP contribution in [-0.4, -0.2) is 27.4 Å². The molecule has 4 nitrogen and oxygen atoms in total. The van der Waals surface area contributed by atoms with Gasteiger partial charge in [-0.3, -0.25) is 4.40 Å². The number of rotatable bonds is 5. The van der Waals surface area contributed by atoms with E-state index in [-0.39, 0.29) is 0 Å². The quantitative estimate of drug-likeness (QED) is 0.590. The summed E-state index contributed by atoms with van der Waals surface area (Å²) in [6.45, 7) is -0.601. The largest absolute Gasteiger partial charge is 0.487 e. The minimum Gasteiger partial charge on any atom is -0.487 e. The number of alkyl halides is 2. The zero-order valence-electron chi connectivity index (χ0n) is 12.6. The average Bonchev–Trinajstić information content (AvgIpc) is 3.32. The van der Waals surface area contributed by atoms with Crippen LogP contribution in [0.5, 0.6) is 5.75 Å². The first kappa shape index (κ1) is 15.5. The van der Waals surface area contributed by atoms with Crippen LogP contribution in [0.3, 0.4) is 0 Å². The molecule has 124 valence electrons. The Morgan fingerprint density at radius 2 is 2.17 bits per heavy atom. The van der Waals surface area contributed by atoms with E-state index in [2.05, 4.69) is 25.9 Å². The number of pyridine rings is 2. The van der Waals surface area contributed by atoms with E-state index < -0.39 is 13.0 Å². The first-order valence-electron chi connectivity index (χ1n) is 7.66. The van der Waals surface area contributed by atoms with Crippen molar-refractivity contribution in [2.75, 3.05) is 6.61 Å². The van der Waals surface area contributed by atoms with Gasteiger partial charge in [0.15, 0.2) is 0 Å². The number of halogens is 3. The molecule has 1 aliphatic rings. The van der Waals surface area contributed by atoms with Gasteiger partial charge in [-0.1, -0.05) is 6.07 Å². The summed E-state index contributed by atoms with van der Waals surface area (Å²) >= 11 is 3.37. The number of fused-ring (bicyclic) bond motifs is 1. The Hall–Kier alpha value is -2.02. The maximum Gasteiger partial charge on any atom is 0.272 e. The predicted molar refractivity (Wildman–Crippen MR) is 89.6 cm³/mol. The summed E-state index contributed by atoms with van der Waals surface area (Å²) in [6, 6.07) is 7.41. The number of nitrogens with zero attached hydrogens (tertiary/aromatic N) is 3. The first-order valence-corrected chi connectivity index (χ1v) is 8.46. The van der Waals surface area contributed by atoms with Crippen molar-refractivity contribution in [3.63, 3.8) is 0 Å². The second-order valence-corrected chi connectivity index (χ2v) is 6.60. The molecule has 0 saturated heterocycles. The molecule has 7 heteroatoms. The van der Waals surface area contributed by atoms with E-state index in [1.165, 1.54) is 0 Å². The number of aromatic nitrogens is 3. The lowest BCUT2D eigenvalue weighted by Crippen LogP contribution is -2.09. The fourth-order valence-corrected chi connectivity index (χ4v) is 3.08. The van der Waals surface area contributed by atoms with Crippen molar-refractivity contribution >= 4 is 21.6 Å². The fraction of sp³-hybridized carbons (Fsp3) is 0.294. The summed E-state index contributed by atoms with van der Waals surface area (Å²) in [5.74, 6) is 0.873. The van der Waals surface area contributed by atoms with E-state index in [9.17, 15) is 8.78 Å². The Kier molecular flexibility index (Phi) is 3.96. The zero-order valence-corrected chi connectivity index (χ0v) is 14.2. The molecule has 0 unspecified atom stereocenters. The smallest absolute Gasteiger partial charge is 0.272 e. The van der Waals surface area contributed by atoms with Crippen LogP contribution >= 0.6 is 15.9 Å². The normalized spacial score (nSPS) is 14.5. The number of hydrogen-bond donors (Lipinski definition) is 0. The summed E-state index contributed by atoms with van der Waals surface area (Å²) in [6.07, 6.45) is 3.29. The summed E-state index contributed by atoms with van der Waals surface area (Å²) in [5, 5.41) is 0. The number of ether oxygens (including phenoxy) is 1. The van der Waals surface area contributed by atoms with Gasteiger partial charge in [-0.05, 0) is 46.8 Å². The van der Waals surface area contributed by atoms with Crippen LogP contribution in [0.4, 0.5) is 8.78 Å². The van der Waals surface area contributed by atoms with Crippen LogP contribution < -0.4 is 4.74 Å². The third-order valence-corrected chi connectivity index (χ3v) is 4.44. The molecule has 1 aliphatic carbocycles. The van der Waals surface area contributed by atoms with E-state index in [1.54, 1.807) is 12.3 Å². The molecule has 24 heavy (non-hydrogen) atoms. The van der Waals surface area contributed by atoms with E-state index >= 15 is 0 Å². The van der Waals surface area contributed by atoms with Gasteiger partial charge >= 0.3 is 0 Å². The summed E-state index contributed by atoms with van der Waals surface area (Å²) in [5.41, 5.74) is 3.26. The van der Waals surface area contributed by atoms with E-state index in [0.29, 0.717) is 17.3 Å². The molecule has 0 spiro atoms. The van der Waals surface area contributed by atoms with Gasteiger partial charge in [-0.15, -0.1) is 0 Å². The number of hydrogen-bond acceptors (Lipinski definition) is 3. The number of imidazole rings is 1. The predicted octanol–water partition coefficient (Wildman–Crippen LogP) is 4.68. The lowest BCUT2D eigenvalue weighted by molar-refractivity contribution is 0.0814. The van der Waals surface area contributed by atoms with Crippen molar-refractivity contribution in [1.82, 2.24) is 14.4 Å². The minimum atomic E-state index is -2.49. The van der Waals surface area contributed by atoms with E-state index in [4.69, 9.17) is 4.74 Å². The minimum absolute atomic E-state index is 0.368. The second-order valence-electron chi connectivity index (χ2n) is 5.79. The highest BCUT2D eigenvalue weighted by molar-refractivity contribution is 9.10. The van der Waals surface area contributed by atoms with Gasteiger partial charge in [-0.25, -0.2) is 18.7 Å². The summed E-state index contributed by atoms with van der Waals surface area (Å²) in [7, 11) is 0. The fourth-order valence-electron chi connectivity index (χ4n) is 2.74. The van der Waals surface area contributed by atoms with Gasteiger partial charge in [-0.2, -0.15) is 0 Å². The van der Waals surface area contributed by atoms with Crippen molar-refractivity contribution in [2.24, 2.45) is 0 Å². The van der Waals surface area contributed by atoms with Gasteiger partial charge in [0, 0.05) is 17.8 Å². The molecule has 1 saturated carbocycles. The monoisotopic (exact) mass is 393 g/mol. The Bertz CT molecular complexity index is 893. The third kappa shape index (κ3) is 3.00. The lowest BCUT2D eigenvalue weighted by atomic mass is 10.1. The van der Waals surface area contributed by atoms with Crippen LogP contribution in [0, 0.1) is 0 Å². The van der Waals surface area contributed by atoms with Gasteiger partial charge in [0.2, 0.25) is 0 Å². The molecule has 1 fully saturated rings. The van der Waals surface area contributed by atoms with Gasteiger partial charge in [0.05, 0.1) is 17.6 Å². The highest BCUT2D eigenvalue weighted by Gasteiger charge is 2.28. The molecule has 0 N–H and O–H groups in total. The molecule has 3 aromatic heterocycles. The molecule has 0 aliphatic heterocycles. The van der Waals surface area contributed by atoms with Crippen molar-refractivity contribution in [2.45, 2.75) is 25.2 Å². The van der Waals surface area contributed by atoms with Crippen LogP contribution in [0.25, 0.3) is 17.0 Å². The van der Waals surface area contributed by atoms with Crippen molar-refractivity contribution in [3.8, 4) is 17.1 Å². The maximum atomic E-state index is 12.5. The van der Waals surface area contributed by atoms with Crippen LogP contribution in [0.1, 0.15) is 24.3 Å². The van der Waals surface area contributed by atoms with E-state index in [0.717, 1.165) is 34.4 Å². The Morgan fingerprint density at radius 1 is 1.33 bits per heavy atom. The highest BCUT2D eigenvalue weighted by Crippen LogP contribution is 2.45. The lowest BCUT2D eigenvalue weighted by Gasteiger charge is -2.12. The van der Waals surface area contributed by atoms with E-state index in [1.807, 2.05) is 28.8 Å². The third-order valence-electron chi connectivity index (χ3n) is 4.00. The highest BCUT2D eigenvalue weighted by atomic mass is 79.9. The second kappa shape index (κ2) is 6.12. The molecule has 4 rings (SSSR count). The molecular weight excluding hydrogens is 380 g/mol. The molecule has 0 atom stereocenters. The molecule has 0 aromatic carbocycles. The molecular formula is C17H14BrF2N3O. The van der Waals surface area contributed by atoms with Crippen molar-refractivity contribution < 1.29 is 13.5 Å². The van der Waals surface area contributed by atoms with Crippen LogP contribution in [-0.2, 0) is 0 Å². The maximum absolute atomic E-state index is 12.5. The SMILES string of the molecule is FC(F)COc1cc2ncc(-c3cccc(Br)n3)n2cc1C1CC1. The van der Waals surface area contributed by atoms with Crippen molar-refractivity contribution in [3.05, 3.63) is 46.8 Å².